The number of phenols is 1. The van der Waals surface area contributed by atoms with Crippen LogP contribution in [0.5, 0.6) is 5.75 Å². The molecule has 25 heavy (non-hydrogen) atoms. The molecule has 3 nitrogen and oxygen atoms in total. The molecule has 0 amide bonds. The molecule has 0 aromatic heterocycles. The van der Waals surface area contributed by atoms with Crippen molar-refractivity contribution in [1.82, 2.24) is 0 Å². The summed E-state index contributed by atoms with van der Waals surface area (Å²) in [5, 5.41) is 19.4. The first-order valence-corrected chi connectivity index (χ1v) is 10.0. The Morgan fingerprint density at radius 1 is 1.00 bits per heavy atom. The standard InChI is InChI=1S/C22H36O3/c1-4-6-7-8-9-10-11-12-13-19(16-21(23)24)20-14-17(3)22(25)18(5-2)15-20/h14-15,19,25H,4-13,16H2,1-3H3,(H,23,24). The van der Waals surface area contributed by atoms with Crippen molar-refractivity contribution in [2.75, 3.05) is 0 Å². The summed E-state index contributed by atoms with van der Waals surface area (Å²) < 4.78 is 0. The zero-order valence-corrected chi connectivity index (χ0v) is 16.3. The van der Waals surface area contributed by atoms with Gasteiger partial charge in [0.25, 0.3) is 0 Å². The molecule has 3 heteroatoms. The van der Waals surface area contributed by atoms with Crippen LogP contribution in [-0.4, -0.2) is 16.2 Å². The number of hydrogen-bond donors (Lipinski definition) is 2. The second-order valence-electron chi connectivity index (χ2n) is 7.26. The zero-order chi connectivity index (χ0) is 18.7. The Hall–Kier alpha value is -1.51. The van der Waals surface area contributed by atoms with Crippen LogP contribution in [0.4, 0.5) is 0 Å². The van der Waals surface area contributed by atoms with Gasteiger partial charge in [0.05, 0.1) is 6.42 Å². The Morgan fingerprint density at radius 3 is 2.16 bits per heavy atom. The van der Waals surface area contributed by atoms with E-state index < -0.39 is 5.97 Å². The van der Waals surface area contributed by atoms with Gasteiger partial charge in [-0.3, -0.25) is 4.79 Å². The summed E-state index contributed by atoms with van der Waals surface area (Å²) in [6, 6.07) is 3.97. The van der Waals surface area contributed by atoms with Gasteiger partial charge in [-0.2, -0.15) is 0 Å². The van der Waals surface area contributed by atoms with Gasteiger partial charge in [0.2, 0.25) is 0 Å². The molecule has 0 spiro atoms. The van der Waals surface area contributed by atoms with Gasteiger partial charge in [-0.15, -0.1) is 0 Å². The van der Waals surface area contributed by atoms with E-state index in [-0.39, 0.29) is 12.3 Å². The first-order chi connectivity index (χ1) is 12.0. The first-order valence-electron chi connectivity index (χ1n) is 10.0. The predicted molar refractivity (Wildman–Crippen MR) is 104 cm³/mol. The lowest BCUT2D eigenvalue weighted by molar-refractivity contribution is -0.137. The van der Waals surface area contributed by atoms with Crippen molar-refractivity contribution in [3.8, 4) is 5.75 Å². The predicted octanol–water partition coefficient (Wildman–Crippen LogP) is 6.35. The fraction of sp³-hybridized carbons (Fsp3) is 0.682. The topological polar surface area (TPSA) is 57.5 Å². The van der Waals surface area contributed by atoms with Gasteiger partial charge in [-0.25, -0.2) is 0 Å². The summed E-state index contributed by atoms with van der Waals surface area (Å²) in [6.45, 7) is 6.15. The molecule has 1 aromatic carbocycles. The van der Waals surface area contributed by atoms with E-state index in [4.69, 9.17) is 0 Å². The fourth-order valence-corrected chi connectivity index (χ4v) is 3.51. The number of aromatic hydroxyl groups is 1. The largest absolute Gasteiger partial charge is 0.507 e. The SMILES string of the molecule is CCCCCCCCCCC(CC(=O)O)c1cc(C)c(O)c(CC)c1. The van der Waals surface area contributed by atoms with Crippen LogP contribution in [0.15, 0.2) is 12.1 Å². The molecule has 0 aliphatic rings. The second-order valence-corrected chi connectivity index (χ2v) is 7.26. The van der Waals surface area contributed by atoms with Crippen LogP contribution in [0.2, 0.25) is 0 Å². The quantitative estimate of drug-likeness (QED) is 0.408. The summed E-state index contributed by atoms with van der Waals surface area (Å²) in [5.41, 5.74) is 2.83. The van der Waals surface area contributed by atoms with Gasteiger partial charge in [-0.1, -0.05) is 77.3 Å². The molecule has 0 saturated heterocycles. The van der Waals surface area contributed by atoms with Crippen LogP contribution in [-0.2, 0) is 11.2 Å². The third-order valence-electron chi connectivity index (χ3n) is 5.08. The number of aryl methyl sites for hydroxylation is 2. The van der Waals surface area contributed by atoms with Crippen LogP contribution in [0.25, 0.3) is 0 Å². The average Bonchev–Trinajstić information content (AvgIpc) is 2.58. The number of unbranched alkanes of at least 4 members (excludes halogenated alkanes) is 7. The molecule has 0 fully saturated rings. The Labute approximate surface area is 153 Å². The highest BCUT2D eigenvalue weighted by molar-refractivity contribution is 5.68. The van der Waals surface area contributed by atoms with E-state index >= 15 is 0 Å². The molecule has 2 N–H and O–H groups in total. The van der Waals surface area contributed by atoms with Crippen molar-refractivity contribution >= 4 is 5.97 Å². The van der Waals surface area contributed by atoms with Crippen LogP contribution >= 0.6 is 0 Å². The van der Waals surface area contributed by atoms with Crippen molar-refractivity contribution in [3.05, 3.63) is 28.8 Å². The maximum Gasteiger partial charge on any atom is 0.303 e. The van der Waals surface area contributed by atoms with Crippen molar-refractivity contribution in [2.24, 2.45) is 0 Å². The smallest absolute Gasteiger partial charge is 0.303 e. The molecule has 0 saturated carbocycles. The van der Waals surface area contributed by atoms with Gasteiger partial charge in [0.15, 0.2) is 0 Å². The monoisotopic (exact) mass is 348 g/mol. The number of rotatable bonds is 13. The van der Waals surface area contributed by atoms with Gasteiger partial charge < -0.3 is 10.2 Å². The number of carboxylic acids is 1. The van der Waals surface area contributed by atoms with Crippen LogP contribution in [0.3, 0.4) is 0 Å². The lowest BCUT2D eigenvalue weighted by atomic mass is 9.87. The zero-order valence-electron chi connectivity index (χ0n) is 16.3. The van der Waals surface area contributed by atoms with Crippen molar-refractivity contribution in [1.29, 1.82) is 0 Å². The van der Waals surface area contributed by atoms with Crippen molar-refractivity contribution in [3.63, 3.8) is 0 Å². The summed E-state index contributed by atoms with van der Waals surface area (Å²) in [6.07, 6.45) is 11.9. The fourth-order valence-electron chi connectivity index (χ4n) is 3.51. The molecular weight excluding hydrogens is 312 g/mol. The normalized spacial score (nSPS) is 12.3. The van der Waals surface area contributed by atoms with E-state index in [2.05, 4.69) is 6.92 Å². The number of carboxylic acid groups (broad SMARTS) is 1. The molecule has 0 aliphatic heterocycles. The Bertz CT molecular complexity index is 522. The highest BCUT2D eigenvalue weighted by Crippen LogP contribution is 2.32. The third-order valence-corrected chi connectivity index (χ3v) is 5.08. The van der Waals surface area contributed by atoms with Crippen LogP contribution < -0.4 is 0 Å². The van der Waals surface area contributed by atoms with Gasteiger partial charge in [0, 0.05) is 0 Å². The molecule has 1 atom stereocenters. The molecule has 0 bridgehead atoms. The maximum absolute atomic E-state index is 11.3. The summed E-state index contributed by atoms with van der Waals surface area (Å²) in [5.74, 6) is -0.345. The number of phenolic OH excluding ortho intramolecular Hbond substituents is 1. The molecular formula is C22H36O3. The van der Waals surface area contributed by atoms with E-state index in [1.165, 1.54) is 44.9 Å². The average molecular weight is 349 g/mol. The number of aliphatic carboxylic acids is 1. The van der Waals surface area contributed by atoms with E-state index in [9.17, 15) is 15.0 Å². The minimum absolute atomic E-state index is 0.0437. The Kier molecular flexibility index (Phi) is 10.3. The molecule has 0 radical (unpaired) electrons. The summed E-state index contributed by atoms with van der Waals surface area (Å²) in [7, 11) is 0. The summed E-state index contributed by atoms with van der Waals surface area (Å²) >= 11 is 0. The lowest BCUT2D eigenvalue weighted by Crippen LogP contribution is -2.07. The van der Waals surface area contributed by atoms with Gasteiger partial charge in [-0.05, 0) is 42.4 Å². The number of benzene rings is 1. The Morgan fingerprint density at radius 2 is 1.60 bits per heavy atom. The minimum atomic E-state index is -0.742. The van der Waals surface area contributed by atoms with Crippen LogP contribution in [0, 0.1) is 6.92 Å². The lowest BCUT2D eigenvalue weighted by Gasteiger charge is -2.18. The second kappa shape index (κ2) is 11.9. The van der Waals surface area contributed by atoms with Gasteiger partial charge in [0.1, 0.15) is 5.75 Å². The van der Waals surface area contributed by atoms with Crippen molar-refractivity contribution in [2.45, 2.75) is 97.3 Å². The Balaban J connectivity index is 2.57. The third kappa shape index (κ3) is 7.94. The molecule has 0 heterocycles. The number of hydrogen-bond acceptors (Lipinski definition) is 2. The molecule has 1 unspecified atom stereocenters. The highest BCUT2D eigenvalue weighted by atomic mass is 16.4. The summed E-state index contributed by atoms with van der Waals surface area (Å²) in [4.78, 5) is 11.3. The van der Waals surface area contributed by atoms with E-state index in [0.717, 1.165) is 36.0 Å². The van der Waals surface area contributed by atoms with Crippen LogP contribution in [0.1, 0.15) is 101 Å². The molecule has 1 aromatic rings. The number of carbonyl (C=O) groups is 1. The first kappa shape index (κ1) is 21.5. The van der Waals surface area contributed by atoms with E-state index in [1.54, 1.807) is 0 Å². The van der Waals surface area contributed by atoms with Gasteiger partial charge >= 0.3 is 5.97 Å². The highest BCUT2D eigenvalue weighted by Gasteiger charge is 2.18. The van der Waals surface area contributed by atoms with E-state index in [0.29, 0.717) is 5.75 Å². The maximum atomic E-state index is 11.3. The minimum Gasteiger partial charge on any atom is -0.507 e. The molecule has 142 valence electrons. The van der Waals surface area contributed by atoms with Crippen molar-refractivity contribution < 1.29 is 15.0 Å². The molecule has 0 aliphatic carbocycles. The van der Waals surface area contributed by atoms with E-state index in [1.807, 2.05) is 26.0 Å². The molecule has 1 rings (SSSR count).